The highest BCUT2D eigenvalue weighted by atomic mass is 35.5. The largest absolute Gasteiger partial charge is 0.489 e. The van der Waals surface area contributed by atoms with Crippen LogP contribution in [0.15, 0.2) is 16.9 Å². The van der Waals surface area contributed by atoms with E-state index in [1.807, 2.05) is 39.8 Å². The topological polar surface area (TPSA) is 94.7 Å². The average molecular weight is 515 g/mol. The number of nitrogens with zero attached hydrogens (tertiary/aromatic N) is 2. The number of hydrogen-bond donors (Lipinski definition) is 2. The molecule has 0 radical (unpaired) electrons. The minimum atomic E-state index is -0.237. The lowest BCUT2D eigenvalue weighted by Crippen LogP contribution is -2.40. The number of fused-ring (bicyclic) bond motifs is 1. The number of halogens is 1. The van der Waals surface area contributed by atoms with Crippen molar-refractivity contribution in [2.75, 3.05) is 26.2 Å². The van der Waals surface area contributed by atoms with E-state index in [9.17, 15) is 14.4 Å². The fourth-order valence-electron chi connectivity index (χ4n) is 5.05. The first-order valence-corrected chi connectivity index (χ1v) is 13.0. The maximum absolute atomic E-state index is 13.7. The maximum Gasteiger partial charge on any atom is 0.256 e. The van der Waals surface area contributed by atoms with E-state index in [0.29, 0.717) is 42.9 Å². The zero-order chi connectivity index (χ0) is 26.0. The molecule has 0 atom stereocenters. The van der Waals surface area contributed by atoms with Crippen molar-refractivity contribution in [3.8, 4) is 5.75 Å². The van der Waals surface area contributed by atoms with Crippen molar-refractivity contribution in [1.29, 1.82) is 0 Å². The highest BCUT2D eigenvalue weighted by Gasteiger charge is 2.32. The Bertz CT molecular complexity index is 1220. The molecule has 1 saturated heterocycles. The first-order chi connectivity index (χ1) is 17.1. The van der Waals surface area contributed by atoms with Crippen molar-refractivity contribution in [1.82, 2.24) is 20.1 Å². The second-order valence-electron chi connectivity index (χ2n) is 10.0. The van der Waals surface area contributed by atoms with E-state index in [1.54, 1.807) is 4.90 Å². The van der Waals surface area contributed by atoms with Gasteiger partial charge < -0.3 is 19.9 Å². The molecule has 0 unspecified atom stereocenters. The molecule has 8 nitrogen and oxygen atoms in total. The van der Waals surface area contributed by atoms with Crippen molar-refractivity contribution in [3.63, 3.8) is 0 Å². The first-order valence-electron chi connectivity index (χ1n) is 12.6. The Labute approximate surface area is 217 Å². The van der Waals surface area contributed by atoms with E-state index in [4.69, 9.17) is 16.3 Å². The van der Waals surface area contributed by atoms with Gasteiger partial charge in [0.25, 0.3) is 11.5 Å². The summed E-state index contributed by atoms with van der Waals surface area (Å²) in [4.78, 5) is 45.4. The summed E-state index contributed by atoms with van der Waals surface area (Å²) < 4.78 is 5.94. The summed E-state index contributed by atoms with van der Waals surface area (Å²) >= 11 is 6.73. The zero-order valence-corrected chi connectivity index (χ0v) is 22.3. The highest BCUT2D eigenvalue weighted by Crippen LogP contribution is 2.37. The number of aromatic nitrogens is 1. The molecule has 0 saturated carbocycles. The van der Waals surface area contributed by atoms with Gasteiger partial charge in [-0.05, 0) is 88.9 Å². The van der Waals surface area contributed by atoms with Crippen LogP contribution in [0.1, 0.15) is 65.0 Å². The van der Waals surface area contributed by atoms with Crippen LogP contribution in [0, 0.1) is 13.8 Å². The average Bonchev–Trinajstić information content (AvgIpc) is 3.30. The number of H-pyrrole nitrogens is 1. The SMILES string of the molecule is Cc1cc(C)c(CN2CCc3c(CNC(=O)CN4CCCC4)cc(OC(C)C)c(Cl)c3C2=O)c(=O)[nH]1. The first kappa shape index (κ1) is 26.2. The van der Waals surface area contributed by atoms with Gasteiger partial charge in [-0.1, -0.05) is 11.6 Å². The molecule has 3 heterocycles. The molecule has 2 aliphatic heterocycles. The van der Waals surface area contributed by atoms with Gasteiger partial charge in [-0.25, -0.2) is 0 Å². The summed E-state index contributed by atoms with van der Waals surface area (Å²) in [6, 6.07) is 3.75. The number of carbonyl (C=O) groups excluding carboxylic acids is 2. The molecule has 2 N–H and O–H groups in total. The monoisotopic (exact) mass is 514 g/mol. The molecule has 0 spiro atoms. The molecule has 0 aliphatic carbocycles. The number of benzene rings is 1. The van der Waals surface area contributed by atoms with Crippen molar-refractivity contribution >= 4 is 23.4 Å². The number of nitrogens with one attached hydrogen (secondary N) is 2. The van der Waals surface area contributed by atoms with Crippen molar-refractivity contribution in [2.45, 2.75) is 66.2 Å². The lowest BCUT2D eigenvalue weighted by Gasteiger charge is -2.31. The minimum Gasteiger partial charge on any atom is -0.489 e. The molecule has 2 amide bonds. The molecule has 1 aromatic carbocycles. The molecule has 2 aromatic rings. The third-order valence-corrected chi connectivity index (χ3v) is 7.19. The summed E-state index contributed by atoms with van der Waals surface area (Å²) in [5.74, 6) is 0.151. The van der Waals surface area contributed by atoms with E-state index in [0.717, 1.165) is 48.3 Å². The number of rotatable bonds is 8. The molecule has 1 aromatic heterocycles. The molecule has 9 heteroatoms. The fraction of sp³-hybridized carbons (Fsp3) is 0.519. The second-order valence-corrected chi connectivity index (χ2v) is 10.4. The molecule has 4 rings (SSSR count). The molecule has 2 aliphatic rings. The quantitative estimate of drug-likeness (QED) is 0.563. The fourth-order valence-corrected chi connectivity index (χ4v) is 5.34. The van der Waals surface area contributed by atoms with E-state index in [1.165, 1.54) is 0 Å². The van der Waals surface area contributed by atoms with Crippen LogP contribution in [0.4, 0.5) is 0 Å². The summed E-state index contributed by atoms with van der Waals surface area (Å²) in [5.41, 5.74) is 4.07. The van der Waals surface area contributed by atoms with Crippen LogP contribution in [0.5, 0.6) is 5.75 Å². The normalized spacial score (nSPS) is 15.9. The smallest absolute Gasteiger partial charge is 0.256 e. The van der Waals surface area contributed by atoms with Gasteiger partial charge in [0.15, 0.2) is 0 Å². The predicted molar refractivity (Wildman–Crippen MR) is 140 cm³/mol. The van der Waals surface area contributed by atoms with E-state index in [2.05, 4.69) is 15.2 Å². The number of aromatic amines is 1. The van der Waals surface area contributed by atoms with Crippen molar-refractivity contribution in [2.24, 2.45) is 0 Å². The van der Waals surface area contributed by atoms with Gasteiger partial charge >= 0.3 is 0 Å². The lowest BCUT2D eigenvalue weighted by atomic mass is 9.92. The van der Waals surface area contributed by atoms with Gasteiger partial charge in [-0.15, -0.1) is 0 Å². The van der Waals surface area contributed by atoms with Crippen molar-refractivity contribution < 1.29 is 14.3 Å². The number of ether oxygens (including phenoxy) is 1. The number of hydrogen-bond acceptors (Lipinski definition) is 5. The minimum absolute atomic E-state index is 0.0373. The number of pyridine rings is 1. The summed E-state index contributed by atoms with van der Waals surface area (Å²) in [6.45, 7) is 10.7. The molecular weight excluding hydrogens is 480 g/mol. The second kappa shape index (κ2) is 11.0. The van der Waals surface area contributed by atoms with Gasteiger partial charge in [0.2, 0.25) is 5.91 Å². The van der Waals surface area contributed by atoms with Gasteiger partial charge in [0.05, 0.1) is 29.8 Å². The van der Waals surface area contributed by atoms with Crippen LogP contribution >= 0.6 is 11.6 Å². The predicted octanol–water partition coefficient (Wildman–Crippen LogP) is 3.34. The van der Waals surface area contributed by atoms with Gasteiger partial charge in [-0.3, -0.25) is 19.3 Å². The highest BCUT2D eigenvalue weighted by molar-refractivity contribution is 6.35. The zero-order valence-electron chi connectivity index (χ0n) is 21.5. The van der Waals surface area contributed by atoms with E-state index < -0.39 is 0 Å². The molecule has 194 valence electrons. The summed E-state index contributed by atoms with van der Waals surface area (Å²) in [5, 5.41) is 3.29. The Balaban J connectivity index is 1.61. The molecule has 0 bridgehead atoms. The van der Waals surface area contributed by atoms with Crippen LogP contribution in [0.2, 0.25) is 5.02 Å². The number of carbonyl (C=O) groups is 2. The van der Waals surface area contributed by atoms with Crippen molar-refractivity contribution in [3.05, 3.63) is 61.0 Å². The number of likely N-dealkylation sites (tertiary alicyclic amines) is 1. The third kappa shape index (κ3) is 5.76. The Hall–Kier alpha value is -2.84. The van der Waals surface area contributed by atoms with Gasteiger partial charge in [0.1, 0.15) is 5.75 Å². The van der Waals surface area contributed by atoms with Crippen LogP contribution in [0.25, 0.3) is 0 Å². The summed E-state index contributed by atoms with van der Waals surface area (Å²) in [6.07, 6.45) is 2.69. The third-order valence-electron chi connectivity index (χ3n) is 6.81. The lowest BCUT2D eigenvalue weighted by molar-refractivity contribution is -0.122. The number of amides is 2. The summed E-state index contributed by atoms with van der Waals surface area (Å²) in [7, 11) is 0. The molecule has 1 fully saturated rings. The van der Waals surface area contributed by atoms with Gasteiger partial charge in [-0.2, -0.15) is 0 Å². The van der Waals surface area contributed by atoms with E-state index in [-0.39, 0.29) is 35.0 Å². The number of aryl methyl sites for hydroxylation is 2. The molecule has 36 heavy (non-hydrogen) atoms. The van der Waals surface area contributed by atoms with E-state index >= 15 is 0 Å². The Kier molecular flexibility index (Phi) is 8.05. The van der Waals surface area contributed by atoms with Crippen LogP contribution in [-0.4, -0.2) is 58.9 Å². The van der Waals surface area contributed by atoms with Crippen LogP contribution in [-0.2, 0) is 24.3 Å². The van der Waals surface area contributed by atoms with Crippen LogP contribution in [0.3, 0.4) is 0 Å². The maximum atomic E-state index is 13.7. The van der Waals surface area contributed by atoms with Crippen LogP contribution < -0.4 is 15.6 Å². The standard InChI is InChI=1S/C27H35ClN4O4/c1-16(2)36-22-12-19(13-29-23(33)15-31-8-5-6-9-31)20-7-10-32(27(35)24(20)25(22)28)14-21-17(3)11-18(4)30-26(21)34/h11-12,16H,5-10,13-15H2,1-4H3,(H,29,33)(H,30,34). The Morgan fingerprint density at radius 1 is 1.17 bits per heavy atom. The molecular formula is C27H35ClN4O4. The Morgan fingerprint density at radius 2 is 1.89 bits per heavy atom. The Morgan fingerprint density at radius 3 is 2.56 bits per heavy atom. The van der Waals surface area contributed by atoms with Gasteiger partial charge in [0, 0.05) is 24.3 Å².